The van der Waals surface area contributed by atoms with Gasteiger partial charge in [0, 0.05) is 75.8 Å². The SMILES string of the molecule is CN(C)CCN(CCCSCCCSCCC(=O)NCCCSCCCS)C(=O)CCSCCCSCCCN(CCO)C(=O)CCSCCCSCCCN. The Bertz CT molecular complexity index is 904. The normalized spacial score (nSPS) is 11.4. The van der Waals surface area contributed by atoms with Crippen molar-refractivity contribution in [2.24, 2.45) is 5.73 Å². The van der Waals surface area contributed by atoms with Crippen LogP contribution < -0.4 is 11.1 Å². The molecule has 0 aromatic carbocycles. The second-order valence-corrected chi connectivity index (χ2v) is 22.5. The lowest BCUT2D eigenvalue weighted by Crippen LogP contribution is -2.37. The fourth-order valence-corrected chi connectivity index (χ4v) is 12.2. The summed E-state index contributed by atoms with van der Waals surface area (Å²) < 4.78 is 0. The van der Waals surface area contributed by atoms with Crippen LogP contribution in [0.5, 0.6) is 0 Å². The van der Waals surface area contributed by atoms with Crippen LogP contribution in [0.4, 0.5) is 0 Å². The van der Waals surface area contributed by atoms with Crippen LogP contribution in [0.3, 0.4) is 0 Å². The number of hydrogen-bond donors (Lipinski definition) is 4. The van der Waals surface area contributed by atoms with Crippen molar-refractivity contribution < 1.29 is 19.5 Å². The summed E-state index contributed by atoms with van der Waals surface area (Å²) in [6.07, 6.45) is 10.4. The van der Waals surface area contributed by atoms with E-state index in [0.29, 0.717) is 32.4 Å². The van der Waals surface area contributed by atoms with Crippen molar-refractivity contribution in [2.45, 2.75) is 70.6 Å². The minimum atomic E-state index is 0.0145. The topological polar surface area (TPSA) is 119 Å². The van der Waals surface area contributed by atoms with Gasteiger partial charge in [-0.1, -0.05) is 0 Å². The Morgan fingerprint density at radius 3 is 1.39 bits per heavy atom. The lowest BCUT2D eigenvalue weighted by atomic mass is 10.3. The summed E-state index contributed by atoms with van der Waals surface area (Å²) in [5.41, 5.74) is 5.54. The number of rotatable bonds is 44. The number of nitrogens with two attached hydrogens (primary N) is 1. The number of nitrogens with zero attached hydrogens (tertiary/aromatic N) is 3. The number of nitrogens with one attached hydrogen (secondary N) is 1. The molecule has 4 N–H and O–H groups in total. The van der Waals surface area contributed by atoms with Crippen LogP contribution in [-0.2, 0) is 14.4 Å². The molecule has 3 amide bonds. The van der Waals surface area contributed by atoms with E-state index in [1.165, 1.54) is 6.42 Å². The van der Waals surface area contributed by atoms with E-state index in [-0.39, 0.29) is 24.3 Å². The summed E-state index contributed by atoms with van der Waals surface area (Å²) in [6, 6.07) is 0. The van der Waals surface area contributed by atoms with E-state index < -0.39 is 0 Å². The Balaban J connectivity index is 3.93. The number of aliphatic hydroxyl groups is 1. The van der Waals surface area contributed by atoms with E-state index in [2.05, 4.69) is 41.8 Å². The van der Waals surface area contributed by atoms with Gasteiger partial charge in [-0.15, -0.1) is 0 Å². The number of amides is 3. The molecular formula is C39H79N5O4S8. The smallest absolute Gasteiger partial charge is 0.223 e. The van der Waals surface area contributed by atoms with Crippen LogP contribution in [0.15, 0.2) is 0 Å². The van der Waals surface area contributed by atoms with Gasteiger partial charge in [0.25, 0.3) is 0 Å². The zero-order valence-electron chi connectivity index (χ0n) is 34.9. The third-order valence-electron chi connectivity index (χ3n) is 8.18. The molecule has 0 aliphatic carbocycles. The molecule has 332 valence electrons. The lowest BCUT2D eigenvalue weighted by Gasteiger charge is -2.24. The molecule has 0 aromatic rings. The quantitative estimate of drug-likeness (QED) is 0.0388. The van der Waals surface area contributed by atoms with Crippen molar-refractivity contribution in [3.05, 3.63) is 0 Å². The first-order valence-electron chi connectivity index (χ1n) is 20.8. The average molecular weight is 939 g/mol. The first-order chi connectivity index (χ1) is 27.3. The molecule has 0 aliphatic rings. The minimum absolute atomic E-state index is 0.0145. The highest BCUT2D eigenvalue weighted by Gasteiger charge is 2.14. The van der Waals surface area contributed by atoms with Gasteiger partial charge in [0.1, 0.15) is 0 Å². The van der Waals surface area contributed by atoms with Crippen molar-refractivity contribution in [1.82, 2.24) is 20.0 Å². The van der Waals surface area contributed by atoms with E-state index in [1.807, 2.05) is 87.2 Å². The highest BCUT2D eigenvalue weighted by molar-refractivity contribution is 8.01. The van der Waals surface area contributed by atoms with Crippen LogP contribution in [0.2, 0.25) is 0 Å². The number of carbonyl (C=O) groups excluding carboxylic acids is 3. The fraction of sp³-hybridized carbons (Fsp3) is 0.923. The summed E-state index contributed by atoms with van der Waals surface area (Å²) in [5, 5.41) is 12.5. The number of aliphatic hydroxyl groups excluding tert-OH is 1. The molecule has 0 saturated carbocycles. The molecule has 9 nitrogen and oxygen atoms in total. The molecule has 56 heavy (non-hydrogen) atoms. The summed E-state index contributed by atoms with van der Waals surface area (Å²) in [7, 11) is 4.12. The molecule has 0 radical (unpaired) electrons. The third-order valence-corrected chi connectivity index (χ3v) is 16.3. The molecule has 0 heterocycles. The first-order valence-corrected chi connectivity index (χ1v) is 29.5. The van der Waals surface area contributed by atoms with Gasteiger partial charge in [-0.2, -0.15) is 95.0 Å². The summed E-state index contributed by atoms with van der Waals surface area (Å²) >= 11 is 17.7. The van der Waals surface area contributed by atoms with Crippen LogP contribution in [0, 0.1) is 0 Å². The standard InChI is InChI=1S/C39H79N5O4S8/c1-42(2)18-19-43(16-5-25-52-29-9-31-54-34-11-37(46)41-15-4-24-51-27-7-22-49)38(47)12-35-55-33-10-30-53-26-6-17-44(20-21-45)39(48)13-36-56-32-8-28-50-23-3-14-40/h45,49H,3-36,40H2,1-2H3,(H,41,46). The monoisotopic (exact) mass is 937 g/mol. The zero-order chi connectivity index (χ0) is 41.2. The summed E-state index contributed by atoms with van der Waals surface area (Å²) in [4.78, 5) is 43.8. The molecule has 0 bridgehead atoms. The predicted octanol–water partition coefficient (Wildman–Crippen LogP) is 6.63. The lowest BCUT2D eigenvalue weighted by molar-refractivity contribution is -0.131. The van der Waals surface area contributed by atoms with Crippen molar-refractivity contribution in [1.29, 1.82) is 0 Å². The summed E-state index contributed by atoms with van der Waals surface area (Å²) in [6.45, 7) is 5.20. The molecule has 0 fully saturated rings. The van der Waals surface area contributed by atoms with Crippen molar-refractivity contribution in [2.75, 3.05) is 153 Å². The molecule has 0 atom stereocenters. The van der Waals surface area contributed by atoms with Crippen molar-refractivity contribution in [3.63, 3.8) is 0 Å². The molecule has 0 unspecified atom stereocenters. The molecule has 0 aromatic heterocycles. The zero-order valence-corrected chi connectivity index (χ0v) is 41.5. The predicted molar refractivity (Wildman–Crippen MR) is 267 cm³/mol. The van der Waals surface area contributed by atoms with Crippen LogP contribution in [-0.4, -0.2) is 190 Å². The van der Waals surface area contributed by atoms with Crippen LogP contribution >= 0.6 is 95.0 Å². The van der Waals surface area contributed by atoms with Gasteiger partial charge >= 0.3 is 0 Å². The molecule has 0 spiro atoms. The maximum absolute atomic E-state index is 13.1. The van der Waals surface area contributed by atoms with Crippen molar-refractivity contribution >= 4 is 113 Å². The largest absolute Gasteiger partial charge is 0.395 e. The number of hydrogen-bond acceptors (Lipinski definition) is 14. The number of thiol groups is 1. The highest BCUT2D eigenvalue weighted by atomic mass is 32.2. The Kier molecular flexibility index (Phi) is 46.5. The third kappa shape index (κ3) is 40.5. The van der Waals surface area contributed by atoms with Gasteiger partial charge < -0.3 is 30.9 Å². The maximum Gasteiger partial charge on any atom is 0.223 e. The van der Waals surface area contributed by atoms with Gasteiger partial charge in [-0.3, -0.25) is 14.4 Å². The van der Waals surface area contributed by atoms with Crippen molar-refractivity contribution in [3.8, 4) is 0 Å². The number of carbonyl (C=O) groups is 3. The Morgan fingerprint density at radius 2 is 0.929 bits per heavy atom. The summed E-state index contributed by atoms with van der Waals surface area (Å²) in [5.74, 6) is 16.3. The number of likely N-dealkylation sites (N-methyl/N-ethyl adjacent to an activating group) is 1. The first kappa shape index (κ1) is 57.1. The van der Waals surface area contributed by atoms with E-state index in [9.17, 15) is 19.5 Å². The molecular weight excluding hydrogens is 859 g/mol. The second kappa shape index (κ2) is 45.6. The van der Waals surface area contributed by atoms with Gasteiger partial charge in [0.05, 0.1) is 6.61 Å². The number of thioether (sulfide) groups is 7. The van der Waals surface area contributed by atoms with Gasteiger partial charge in [-0.25, -0.2) is 0 Å². The Labute approximate surface area is 378 Å². The molecule has 17 heteroatoms. The Morgan fingerprint density at radius 1 is 0.518 bits per heavy atom. The minimum Gasteiger partial charge on any atom is -0.395 e. The van der Waals surface area contributed by atoms with E-state index in [0.717, 1.165) is 164 Å². The second-order valence-electron chi connectivity index (χ2n) is 13.5. The van der Waals surface area contributed by atoms with Gasteiger partial charge in [-0.05, 0) is 141 Å². The molecule has 0 aliphatic heterocycles. The van der Waals surface area contributed by atoms with E-state index in [1.54, 1.807) is 0 Å². The van der Waals surface area contributed by atoms with Crippen LogP contribution in [0.25, 0.3) is 0 Å². The fourth-order valence-electron chi connectivity index (χ4n) is 5.02. The van der Waals surface area contributed by atoms with Gasteiger partial charge in [0.15, 0.2) is 0 Å². The molecule has 0 saturated heterocycles. The van der Waals surface area contributed by atoms with Gasteiger partial charge in [0.2, 0.25) is 17.7 Å². The van der Waals surface area contributed by atoms with E-state index in [4.69, 9.17) is 5.73 Å². The highest BCUT2D eigenvalue weighted by Crippen LogP contribution is 2.15. The van der Waals surface area contributed by atoms with E-state index >= 15 is 0 Å². The average Bonchev–Trinajstić information content (AvgIpc) is 3.18. The van der Waals surface area contributed by atoms with Crippen LogP contribution in [0.1, 0.15) is 70.6 Å². The maximum atomic E-state index is 13.1. The molecule has 0 rings (SSSR count). The Hall–Kier alpha value is 1.09.